The molecule has 0 heterocycles. The fraction of sp³-hybridized carbons (Fsp3) is 0.462. The van der Waals surface area contributed by atoms with Gasteiger partial charge >= 0.3 is 0 Å². The van der Waals surface area contributed by atoms with Crippen molar-refractivity contribution in [3.8, 4) is 0 Å². The lowest BCUT2D eigenvalue weighted by atomic mass is 10.1. The van der Waals surface area contributed by atoms with Crippen molar-refractivity contribution < 1.29 is 4.79 Å². The standard InChI is InChI=1S/C13H18ClNO/c1-4-10(2)8-15(3)13-11(9-16)6-5-7-12(13)14/h5-7,9-10H,4,8H2,1-3H3. The second-order valence-electron chi connectivity index (χ2n) is 4.19. The number of halogens is 1. The van der Waals surface area contributed by atoms with Gasteiger partial charge in [0.1, 0.15) is 0 Å². The van der Waals surface area contributed by atoms with E-state index in [-0.39, 0.29) is 0 Å². The van der Waals surface area contributed by atoms with Crippen LogP contribution in [0.2, 0.25) is 5.02 Å². The zero-order chi connectivity index (χ0) is 12.1. The second-order valence-corrected chi connectivity index (χ2v) is 4.60. The number of aldehydes is 1. The number of hydrogen-bond acceptors (Lipinski definition) is 2. The number of benzene rings is 1. The number of hydrogen-bond donors (Lipinski definition) is 0. The van der Waals surface area contributed by atoms with Crippen molar-refractivity contribution in [2.75, 3.05) is 18.5 Å². The highest BCUT2D eigenvalue weighted by Crippen LogP contribution is 2.28. The Bertz CT molecular complexity index is 365. The van der Waals surface area contributed by atoms with Gasteiger partial charge in [-0.15, -0.1) is 0 Å². The Balaban J connectivity index is 2.97. The van der Waals surface area contributed by atoms with E-state index in [0.29, 0.717) is 16.5 Å². The highest BCUT2D eigenvalue weighted by Gasteiger charge is 2.12. The first-order valence-electron chi connectivity index (χ1n) is 5.55. The molecule has 0 bridgehead atoms. The average molecular weight is 240 g/mol. The molecule has 88 valence electrons. The summed E-state index contributed by atoms with van der Waals surface area (Å²) in [7, 11) is 1.97. The van der Waals surface area contributed by atoms with Crippen LogP contribution < -0.4 is 4.90 Å². The quantitative estimate of drug-likeness (QED) is 0.732. The molecule has 16 heavy (non-hydrogen) atoms. The second kappa shape index (κ2) is 5.90. The first-order valence-corrected chi connectivity index (χ1v) is 5.92. The summed E-state index contributed by atoms with van der Waals surface area (Å²) in [5, 5.41) is 0.635. The maximum atomic E-state index is 11.0. The minimum Gasteiger partial charge on any atom is -0.373 e. The molecular formula is C13H18ClNO. The Morgan fingerprint density at radius 1 is 1.50 bits per heavy atom. The molecule has 0 fully saturated rings. The van der Waals surface area contributed by atoms with Gasteiger partial charge in [-0.05, 0) is 18.1 Å². The molecule has 0 N–H and O–H groups in total. The Morgan fingerprint density at radius 2 is 2.19 bits per heavy atom. The van der Waals surface area contributed by atoms with Crippen molar-refractivity contribution in [1.82, 2.24) is 0 Å². The minimum atomic E-state index is 0.584. The van der Waals surface area contributed by atoms with Crippen LogP contribution in [0.4, 0.5) is 5.69 Å². The molecule has 0 aliphatic rings. The van der Waals surface area contributed by atoms with Crippen molar-refractivity contribution >= 4 is 23.6 Å². The van der Waals surface area contributed by atoms with Gasteiger partial charge in [0.2, 0.25) is 0 Å². The third-order valence-electron chi connectivity index (χ3n) is 2.81. The third kappa shape index (κ3) is 2.99. The van der Waals surface area contributed by atoms with Gasteiger partial charge in [-0.2, -0.15) is 0 Å². The van der Waals surface area contributed by atoms with Crippen molar-refractivity contribution in [1.29, 1.82) is 0 Å². The van der Waals surface area contributed by atoms with E-state index < -0.39 is 0 Å². The molecule has 1 unspecified atom stereocenters. The first kappa shape index (κ1) is 13.0. The van der Waals surface area contributed by atoms with Crippen LogP contribution in [0, 0.1) is 5.92 Å². The van der Waals surface area contributed by atoms with Crippen LogP contribution in [-0.4, -0.2) is 19.9 Å². The summed E-state index contributed by atoms with van der Waals surface area (Å²) in [6.45, 7) is 5.25. The number of carbonyl (C=O) groups excluding carboxylic acids is 1. The Kier molecular flexibility index (Phi) is 4.81. The summed E-state index contributed by atoms with van der Waals surface area (Å²) in [5.74, 6) is 0.584. The monoisotopic (exact) mass is 239 g/mol. The van der Waals surface area contributed by atoms with Gasteiger partial charge in [-0.1, -0.05) is 37.9 Å². The lowest BCUT2D eigenvalue weighted by Crippen LogP contribution is -2.24. The molecule has 0 saturated heterocycles. The molecule has 0 aromatic heterocycles. The Morgan fingerprint density at radius 3 is 2.75 bits per heavy atom. The Labute approximate surface area is 102 Å². The van der Waals surface area contributed by atoms with Crippen molar-refractivity contribution in [3.63, 3.8) is 0 Å². The maximum absolute atomic E-state index is 11.0. The van der Waals surface area contributed by atoms with E-state index in [0.717, 1.165) is 24.9 Å². The zero-order valence-electron chi connectivity index (χ0n) is 10.0. The summed E-state index contributed by atoms with van der Waals surface area (Å²) in [6.07, 6.45) is 1.97. The smallest absolute Gasteiger partial charge is 0.152 e. The van der Waals surface area contributed by atoms with E-state index in [1.54, 1.807) is 12.1 Å². The molecule has 0 spiro atoms. The van der Waals surface area contributed by atoms with Crippen LogP contribution >= 0.6 is 11.6 Å². The molecule has 0 saturated carbocycles. The van der Waals surface area contributed by atoms with E-state index in [1.807, 2.05) is 13.1 Å². The lowest BCUT2D eigenvalue weighted by Gasteiger charge is -2.25. The van der Waals surface area contributed by atoms with Crippen LogP contribution in [0.25, 0.3) is 0 Å². The van der Waals surface area contributed by atoms with E-state index in [2.05, 4.69) is 18.7 Å². The van der Waals surface area contributed by atoms with Gasteiger partial charge in [0.15, 0.2) is 6.29 Å². The normalized spacial score (nSPS) is 12.2. The van der Waals surface area contributed by atoms with E-state index in [1.165, 1.54) is 0 Å². The van der Waals surface area contributed by atoms with Gasteiger partial charge in [0.25, 0.3) is 0 Å². The summed E-state index contributed by atoms with van der Waals surface area (Å²) in [6, 6.07) is 5.41. The van der Waals surface area contributed by atoms with E-state index >= 15 is 0 Å². The fourth-order valence-corrected chi connectivity index (χ4v) is 2.04. The van der Waals surface area contributed by atoms with E-state index in [4.69, 9.17) is 11.6 Å². The topological polar surface area (TPSA) is 20.3 Å². The molecule has 0 radical (unpaired) electrons. The molecule has 1 aromatic rings. The van der Waals surface area contributed by atoms with Gasteiger partial charge in [-0.25, -0.2) is 0 Å². The fourth-order valence-electron chi connectivity index (χ4n) is 1.72. The van der Waals surface area contributed by atoms with Crippen LogP contribution in [-0.2, 0) is 0 Å². The van der Waals surface area contributed by atoms with Gasteiger partial charge in [-0.3, -0.25) is 4.79 Å². The molecule has 0 amide bonds. The van der Waals surface area contributed by atoms with Crippen molar-refractivity contribution in [2.45, 2.75) is 20.3 Å². The summed E-state index contributed by atoms with van der Waals surface area (Å²) in [4.78, 5) is 13.0. The number of rotatable bonds is 5. The van der Waals surface area contributed by atoms with Gasteiger partial charge in [0.05, 0.1) is 10.7 Å². The molecule has 1 aromatic carbocycles. The van der Waals surface area contributed by atoms with Gasteiger partial charge < -0.3 is 4.90 Å². The highest BCUT2D eigenvalue weighted by molar-refractivity contribution is 6.33. The summed E-state index contributed by atoms with van der Waals surface area (Å²) in [5.41, 5.74) is 1.48. The minimum absolute atomic E-state index is 0.584. The van der Waals surface area contributed by atoms with Crippen molar-refractivity contribution in [3.05, 3.63) is 28.8 Å². The molecule has 0 aliphatic carbocycles. The maximum Gasteiger partial charge on any atom is 0.152 e. The van der Waals surface area contributed by atoms with Crippen LogP contribution in [0.3, 0.4) is 0 Å². The average Bonchev–Trinajstić information content (AvgIpc) is 2.28. The van der Waals surface area contributed by atoms with Crippen LogP contribution in [0.5, 0.6) is 0 Å². The first-order chi connectivity index (χ1) is 7.60. The number of para-hydroxylation sites is 1. The summed E-state index contributed by atoms with van der Waals surface area (Å²) >= 11 is 6.13. The SMILES string of the molecule is CCC(C)CN(C)c1c(Cl)cccc1C=O. The highest BCUT2D eigenvalue weighted by atomic mass is 35.5. The molecular weight excluding hydrogens is 222 g/mol. The summed E-state index contributed by atoms with van der Waals surface area (Å²) < 4.78 is 0. The predicted octanol–water partition coefficient (Wildman–Crippen LogP) is 3.63. The third-order valence-corrected chi connectivity index (χ3v) is 3.11. The number of nitrogens with zero attached hydrogens (tertiary/aromatic N) is 1. The van der Waals surface area contributed by atoms with Crippen LogP contribution in [0.1, 0.15) is 30.6 Å². The molecule has 2 nitrogen and oxygen atoms in total. The molecule has 1 atom stereocenters. The van der Waals surface area contributed by atoms with Crippen LogP contribution in [0.15, 0.2) is 18.2 Å². The van der Waals surface area contributed by atoms with Gasteiger partial charge in [0, 0.05) is 19.2 Å². The lowest BCUT2D eigenvalue weighted by molar-refractivity contribution is 0.112. The predicted molar refractivity (Wildman–Crippen MR) is 69.6 cm³/mol. The number of carbonyl (C=O) groups is 1. The molecule has 0 aliphatic heterocycles. The molecule has 3 heteroatoms. The molecule has 1 rings (SSSR count). The van der Waals surface area contributed by atoms with Crippen molar-refractivity contribution in [2.24, 2.45) is 5.92 Å². The largest absolute Gasteiger partial charge is 0.373 e. The zero-order valence-corrected chi connectivity index (χ0v) is 10.8. The number of anilines is 1. The Hall–Kier alpha value is -1.02. The van der Waals surface area contributed by atoms with E-state index in [9.17, 15) is 4.79 Å².